The van der Waals surface area contributed by atoms with Gasteiger partial charge in [0.25, 0.3) is 0 Å². The van der Waals surface area contributed by atoms with Gasteiger partial charge >= 0.3 is 0 Å². The van der Waals surface area contributed by atoms with E-state index in [-0.39, 0.29) is 5.04 Å². The van der Waals surface area contributed by atoms with Crippen molar-refractivity contribution in [1.82, 2.24) is 0 Å². The second-order valence-electron chi connectivity index (χ2n) is 7.22. The largest absolute Gasteiger partial charge is 0.432 e. The first-order valence-electron chi connectivity index (χ1n) is 7.42. The first-order valence-corrected chi connectivity index (χ1v) is 11.2. The fourth-order valence-corrected chi connectivity index (χ4v) is 3.91. The van der Waals surface area contributed by atoms with Crippen LogP contribution in [0.4, 0.5) is 5.69 Å². The van der Waals surface area contributed by atoms with Gasteiger partial charge in [0.05, 0.1) is 0 Å². The fraction of sp³-hybridized carbons (Fsp3) is 0.625. The van der Waals surface area contributed by atoms with Crippen molar-refractivity contribution in [3.05, 3.63) is 28.7 Å². The molecule has 0 amide bonds. The van der Waals surface area contributed by atoms with Crippen LogP contribution >= 0.6 is 15.9 Å². The molecule has 0 saturated carbocycles. The summed E-state index contributed by atoms with van der Waals surface area (Å²) < 4.78 is 1.13. The van der Waals surface area contributed by atoms with Crippen LogP contribution in [-0.2, 0) is 0 Å². The normalized spacial score (nSPS) is 20.5. The molecule has 1 aromatic carbocycles. The minimum atomic E-state index is -2.09. The van der Waals surface area contributed by atoms with Gasteiger partial charge in [0.2, 0.25) is 0 Å². The van der Waals surface area contributed by atoms with Crippen molar-refractivity contribution in [3.8, 4) is 0 Å². The summed E-state index contributed by atoms with van der Waals surface area (Å²) in [4.78, 5) is 12.9. The molecule has 1 N–H and O–H groups in total. The summed E-state index contributed by atoms with van der Waals surface area (Å²) in [6.45, 7) is 10.9. The zero-order chi connectivity index (χ0) is 15.0. The van der Waals surface area contributed by atoms with E-state index in [2.05, 4.69) is 72.0 Å². The molecule has 0 aromatic heterocycles. The minimum Gasteiger partial charge on any atom is -0.432 e. The van der Waals surface area contributed by atoms with Crippen LogP contribution in [0.2, 0.25) is 18.1 Å². The summed E-state index contributed by atoms with van der Waals surface area (Å²) in [6.07, 6.45) is 2.37. The highest BCUT2D eigenvalue weighted by atomic mass is 79.9. The van der Waals surface area contributed by atoms with Crippen LogP contribution in [0.1, 0.15) is 26.7 Å². The molecule has 1 aromatic rings. The fourth-order valence-electron chi connectivity index (χ4n) is 2.86. The number of rotatable bonds is 4. The molecule has 4 heteroatoms. The molecular formula is C16H26BrNOSi. The lowest BCUT2D eigenvalue weighted by atomic mass is 9.95. The van der Waals surface area contributed by atoms with Gasteiger partial charge in [-0.15, -0.1) is 0 Å². The molecule has 0 aliphatic carbocycles. The number of hydrogen-bond acceptors (Lipinski definition) is 2. The Morgan fingerprint density at radius 1 is 1.30 bits per heavy atom. The van der Waals surface area contributed by atoms with Crippen molar-refractivity contribution >= 4 is 29.9 Å². The number of halogens is 1. The van der Waals surface area contributed by atoms with E-state index >= 15 is 0 Å². The Labute approximate surface area is 132 Å². The number of benzene rings is 1. The van der Waals surface area contributed by atoms with Gasteiger partial charge in [-0.3, -0.25) is 0 Å². The standard InChI is InChI=1S/C16H26BrNOSi/c1-16(2,20(3,4)19)11-13-9-10-18(12-13)15-7-5-14(17)6-8-15/h5-8,13,19H,9-12H2,1-4H3. The summed E-state index contributed by atoms with van der Waals surface area (Å²) in [5.74, 6) is 0.701. The van der Waals surface area contributed by atoms with Gasteiger partial charge < -0.3 is 9.70 Å². The van der Waals surface area contributed by atoms with E-state index in [4.69, 9.17) is 0 Å². The van der Waals surface area contributed by atoms with Crippen LogP contribution in [-0.4, -0.2) is 26.2 Å². The van der Waals surface area contributed by atoms with E-state index in [0.717, 1.165) is 24.0 Å². The Balaban J connectivity index is 1.98. The SMILES string of the molecule is CC(C)(CC1CCN(c2ccc(Br)cc2)C1)[Si](C)(C)O. The van der Waals surface area contributed by atoms with Crippen molar-refractivity contribution in [2.45, 2.75) is 44.8 Å². The number of anilines is 1. The zero-order valence-corrected chi connectivity index (χ0v) is 15.6. The van der Waals surface area contributed by atoms with Crippen LogP contribution in [0.15, 0.2) is 28.7 Å². The van der Waals surface area contributed by atoms with Crippen LogP contribution in [0.25, 0.3) is 0 Å². The Hall–Kier alpha value is -0.323. The molecule has 1 aliphatic heterocycles. The maximum atomic E-state index is 10.4. The Kier molecular flexibility index (Phi) is 4.67. The molecule has 1 saturated heterocycles. The van der Waals surface area contributed by atoms with Gasteiger partial charge in [-0.1, -0.05) is 29.8 Å². The van der Waals surface area contributed by atoms with Gasteiger partial charge in [0.1, 0.15) is 0 Å². The second-order valence-corrected chi connectivity index (χ2v) is 12.6. The monoisotopic (exact) mass is 355 g/mol. The van der Waals surface area contributed by atoms with Gasteiger partial charge in [-0.25, -0.2) is 0 Å². The van der Waals surface area contributed by atoms with Crippen LogP contribution < -0.4 is 4.90 Å². The molecular weight excluding hydrogens is 330 g/mol. The molecule has 1 aliphatic rings. The first kappa shape index (κ1) is 16.1. The highest BCUT2D eigenvalue weighted by Crippen LogP contribution is 2.43. The highest BCUT2D eigenvalue weighted by molar-refractivity contribution is 9.10. The van der Waals surface area contributed by atoms with E-state index in [9.17, 15) is 4.80 Å². The third-order valence-corrected chi connectivity index (χ3v) is 8.98. The molecule has 112 valence electrons. The van der Waals surface area contributed by atoms with Gasteiger partial charge in [-0.2, -0.15) is 0 Å². The van der Waals surface area contributed by atoms with Crippen molar-refractivity contribution in [3.63, 3.8) is 0 Å². The summed E-state index contributed by atoms with van der Waals surface area (Å²) in [6, 6.07) is 8.58. The van der Waals surface area contributed by atoms with Crippen molar-refractivity contribution in [2.75, 3.05) is 18.0 Å². The van der Waals surface area contributed by atoms with Crippen LogP contribution in [0.5, 0.6) is 0 Å². The molecule has 0 bridgehead atoms. The molecule has 0 spiro atoms. The van der Waals surface area contributed by atoms with E-state index in [0.29, 0.717) is 5.92 Å². The molecule has 1 unspecified atom stereocenters. The second kappa shape index (κ2) is 5.82. The Bertz CT molecular complexity index is 453. The molecule has 1 heterocycles. The van der Waals surface area contributed by atoms with E-state index in [1.54, 1.807) is 0 Å². The van der Waals surface area contributed by atoms with E-state index < -0.39 is 8.32 Å². The maximum Gasteiger partial charge on any atom is 0.188 e. The summed E-state index contributed by atoms with van der Waals surface area (Å²) >= 11 is 3.49. The van der Waals surface area contributed by atoms with Gasteiger partial charge in [0.15, 0.2) is 8.32 Å². The van der Waals surface area contributed by atoms with Gasteiger partial charge in [0, 0.05) is 23.2 Å². The highest BCUT2D eigenvalue weighted by Gasteiger charge is 2.40. The Morgan fingerprint density at radius 2 is 1.90 bits per heavy atom. The Morgan fingerprint density at radius 3 is 2.45 bits per heavy atom. The van der Waals surface area contributed by atoms with Crippen molar-refractivity contribution in [2.24, 2.45) is 5.92 Å². The summed E-state index contributed by atoms with van der Waals surface area (Å²) in [7, 11) is -2.09. The third kappa shape index (κ3) is 3.65. The minimum absolute atomic E-state index is 0.0907. The smallest absolute Gasteiger partial charge is 0.188 e. The lowest BCUT2D eigenvalue weighted by molar-refractivity contribution is 0.392. The molecule has 1 fully saturated rings. The maximum absolute atomic E-state index is 10.4. The molecule has 1 atom stereocenters. The van der Waals surface area contributed by atoms with E-state index in [1.165, 1.54) is 12.1 Å². The molecule has 2 rings (SSSR count). The predicted octanol–water partition coefficient (Wildman–Crippen LogP) is 4.64. The molecule has 2 nitrogen and oxygen atoms in total. The summed E-state index contributed by atoms with van der Waals surface area (Å²) in [5, 5.41) is 0.0907. The predicted molar refractivity (Wildman–Crippen MR) is 92.8 cm³/mol. The average molecular weight is 356 g/mol. The topological polar surface area (TPSA) is 23.5 Å². The number of hydrogen-bond donors (Lipinski definition) is 1. The zero-order valence-electron chi connectivity index (χ0n) is 13.0. The van der Waals surface area contributed by atoms with Crippen molar-refractivity contribution in [1.29, 1.82) is 0 Å². The lowest BCUT2D eigenvalue weighted by Gasteiger charge is -2.37. The van der Waals surface area contributed by atoms with Crippen LogP contribution in [0.3, 0.4) is 0 Å². The van der Waals surface area contributed by atoms with E-state index in [1.807, 2.05) is 0 Å². The van der Waals surface area contributed by atoms with Crippen molar-refractivity contribution < 1.29 is 4.80 Å². The average Bonchev–Trinajstić information content (AvgIpc) is 2.76. The van der Waals surface area contributed by atoms with Crippen LogP contribution in [0, 0.1) is 5.92 Å². The summed E-state index contributed by atoms with van der Waals surface area (Å²) in [5.41, 5.74) is 1.31. The van der Waals surface area contributed by atoms with Gasteiger partial charge in [-0.05, 0) is 61.2 Å². The number of nitrogens with zero attached hydrogens (tertiary/aromatic N) is 1. The third-order valence-electron chi connectivity index (χ3n) is 4.93. The lowest BCUT2D eigenvalue weighted by Crippen LogP contribution is -2.40. The quantitative estimate of drug-likeness (QED) is 0.795. The molecule has 20 heavy (non-hydrogen) atoms. The molecule has 0 radical (unpaired) electrons. The first-order chi connectivity index (χ1) is 9.19.